The summed E-state index contributed by atoms with van der Waals surface area (Å²) in [5.74, 6) is 2.50. The summed E-state index contributed by atoms with van der Waals surface area (Å²) < 4.78 is 6.00. The van der Waals surface area contributed by atoms with Gasteiger partial charge in [0.05, 0.1) is 0 Å². The summed E-state index contributed by atoms with van der Waals surface area (Å²) in [5, 5.41) is 8.61. The fourth-order valence-electron chi connectivity index (χ4n) is 3.91. The third-order valence-electron chi connectivity index (χ3n) is 5.67. The first kappa shape index (κ1) is 17.0. The molecular formula is C23H26N2O. The molecule has 0 radical (unpaired) electrons. The summed E-state index contributed by atoms with van der Waals surface area (Å²) in [6.07, 6.45) is 5.73. The minimum atomic E-state index is 0.396. The third-order valence-corrected chi connectivity index (χ3v) is 5.67. The molecule has 1 aliphatic carbocycles. The van der Waals surface area contributed by atoms with Gasteiger partial charge in [-0.15, -0.1) is 10.2 Å². The highest BCUT2D eigenvalue weighted by Crippen LogP contribution is 2.40. The van der Waals surface area contributed by atoms with Gasteiger partial charge >= 0.3 is 0 Å². The SMILES string of the molecule is CCc1ccc(C2CCC(c3nnc(-c4ccc(C)cc4)o3)CC2)cc1. The van der Waals surface area contributed by atoms with Crippen LogP contribution in [0.25, 0.3) is 11.5 Å². The molecule has 0 saturated heterocycles. The lowest BCUT2D eigenvalue weighted by atomic mass is 9.78. The average molecular weight is 346 g/mol. The van der Waals surface area contributed by atoms with Crippen LogP contribution in [0.2, 0.25) is 0 Å². The summed E-state index contributed by atoms with van der Waals surface area (Å²) in [4.78, 5) is 0. The van der Waals surface area contributed by atoms with E-state index in [1.807, 2.05) is 12.1 Å². The molecule has 0 spiro atoms. The molecule has 3 nitrogen and oxygen atoms in total. The van der Waals surface area contributed by atoms with Crippen molar-refractivity contribution >= 4 is 0 Å². The van der Waals surface area contributed by atoms with E-state index >= 15 is 0 Å². The third kappa shape index (κ3) is 3.57. The van der Waals surface area contributed by atoms with Crippen molar-refractivity contribution in [2.24, 2.45) is 0 Å². The minimum Gasteiger partial charge on any atom is -0.420 e. The van der Waals surface area contributed by atoms with Crippen LogP contribution in [0.1, 0.15) is 67.0 Å². The summed E-state index contributed by atoms with van der Waals surface area (Å²) in [6, 6.07) is 17.4. The Morgan fingerprint density at radius 2 is 1.50 bits per heavy atom. The fourth-order valence-corrected chi connectivity index (χ4v) is 3.91. The Bertz CT molecular complexity index is 841. The second-order valence-corrected chi connectivity index (χ2v) is 7.46. The van der Waals surface area contributed by atoms with Gasteiger partial charge in [0.15, 0.2) is 0 Å². The highest BCUT2D eigenvalue weighted by atomic mass is 16.4. The van der Waals surface area contributed by atoms with Gasteiger partial charge in [-0.2, -0.15) is 0 Å². The number of rotatable bonds is 4. The van der Waals surface area contributed by atoms with E-state index in [0.29, 0.717) is 17.7 Å². The molecule has 26 heavy (non-hydrogen) atoms. The number of hydrogen-bond acceptors (Lipinski definition) is 3. The van der Waals surface area contributed by atoms with Gasteiger partial charge in [0.2, 0.25) is 11.8 Å². The molecule has 0 N–H and O–H groups in total. The van der Waals surface area contributed by atoms with Crippen molar-refractivity contribution in [3.8, 4) is 11.5 Å². The standard InChI is InChI=1S/C23H26N2O/c1-3-17-6-10-18(11-7-17)19-12-14-21(15-13-19)23-25-24-22(26-23)20-8-4-16(2)5-9-20/h4-11,19,21H,3,12-15H2,1-2H3. The average Bonchev–Trinajstić information content (AvgIpc) is 3.19. The Hall–Kier alpha value is -2.42. The lowest BCUT2D eigenvalue weighted by molar-refractivity contribution is 0.341. The maximum absolute atomic E-state index is 6.00. The van der Waals surface area contributed by atoms with Crippen molar-refractivity contribution < 1.29 is 4.42 Å². The van der Waals surface area contributed by atoms with E-state index in [1.165, 1.54) is 29.5 Å². The van der Waals surface area contributed by atoms with Crippen LogP contribution in [0.5, 0.6) is 0 Å². The maximum atomic E-state index is 6.00. The summed E-state index contributed by atoms with van der Waals surface area (Å²) in [7, 11) is 0. The van der Waals surface area contributed by atoms with E-state index in [9.17, 15) is 0 Å². The van der Waals surface area contributed by atoms with Gasteiger partial charge in [0, 0.05) is 11.5 Å². The van der Waals surface area contributed by atoms with Crippen molar-refractivity contribution in [1.29, 1.82) is 0 Å². The molecule has 4 rings (SSSR count). The van der Waals surface area contributed by atoms with E-state index < -0.39 is 0 Å². The fraction of sp³-hybridized carbons (Fsp3) is 0.391. The first-order valence-corrected chi connectivity index (χ1v) is 9.72. The van der Waals surface area contributed by atoms with E-state index in [2.05, 4.69) is 60.4 Å². The van der Waals surface area contributed by atoms with Gasteiger partial charge in [-0.25, -0.2) is 0 Å². The van der Waals surface area contributed by atoms with E-state index in [4.69, 9.17) is 4.42 Å². The molecule has 134 valence electrons. The van der Waals surface area contributed by atoms with Crippen molar-refractivity contribution in [3.05, 3.63) is 71.1 Å². The van der Waals surface area contributed by atoms with Gasteiger partial charge < -0.3 is 4.42 Å². The lowest BCUT2D eigenvalue weighted by Gasteiger charge is -2.27. The highest BCUT2D eigenvalue weighted by Gasteiger charge is 2.27. The Labute approximate surface area is 155 Å². The zero-order chi connectivity index (χ0) is 17.9. The van der Waals surface area contributed by atoms with Crippen LogP contribution in [0.15, 0.2) is 52.9 Å². The second-order valence-electron chi connectivity index (χ2n) is 7.46. The second kappa shape index (κ2) is 7.45. The Morgan fingerprint density at radius 1 is 0.846 bits per heavy atom. The normalized spacial score (nSPS) is 20.2. The predicted octanol–water partition coefficient (Wildman–Crippen LogP) is 6.05. The van der Waals surface area contributed by atoms with Gasteiger partial charge in [-0.05, 0) is 68.2 Å². The Kier molecular flexibility index (Phi) is 4.87. The molecular weight excluding hydrogens is 320 g/mol. The van der Waals surface area contributed by atoms with Crippen LogP contribution in [-0.4, -0.2) is 10.2 Å². The molecule has 0 aliphatic heterocycles. The summed E-state index contributed by atoms with van der Waals surface area (Å²) >= 11 is 0. The molecule has 1 fully saturated rings. The van der Waals surface area contributed by atoms with Crippen molar-refractivity contribution in [2.75, 3.05) is 0 Å². The number of aryl methyl sites for hydroxylation is 2. The Balaban J connectivity index is 1.41. The van der Waals surface area contributed by atoms with Crippen molar-refractivity contribution in [3.63, 3.8) is 0 Å². The van der Waals surface area contributed by atoms with Crippen molar-refractivity contribution in [1.82, 2.24) is 10.2 Å². The van der Waals surface area contributed by atoms with E-state index in [1.54, 1.807) is 0 Å². The quantitative estimate of drug-likeness (QED) is 0.577. The molecule has 2 aromatic carbocycles. The van der Waals surface area contributed by atoms with Gasteiger partial charge in [0.25, 0.3) is 0 Å². The molecule has 0 atom stereocenters. The Morgan fingerprint density at radius 3 is 2.15 bits per heavy atom. The molecule has 1 aromatic heterocycles. The first-order valence-electron chi connectivity index (χ1n) is 9.72. The topological polar surface area (TPSA) is 38.9 Å². The monoisotopic (exact) mass is 346 g/mol. The largest absolute Gasteiger partial charge is 0.420 e. The number of nitrogens with zero attached hydrogens (tertiary/aromatic N) is 2. The molecule has 3 heteroatoms. The molecule has 1 saturated carbocycles. The zero-order valence-corrected chi connectivity index (χ0v) is 15.6. The van der Waals surface area contributed by atoms with Gasteiger partial charge in [-0.3, -0.25) is 0 Å². The number of hydrogen-bond donors (Lipinski definition) is 0. The molecule has 1 aliphatic rings. The maximum Gasteiger partial charge on any atom is 0.247 e. The van der Waals surface area contributed by atoms with Crippen LogP contribution >= 0.6 is 0 Å². The van der Waals surface area contributed by atoms with Gasteiger partial charge in [-0.1, -0.05) is 48.9 Å². The summed E-state index contributed by atoms with van der Waals surface area (Å²) in [5.41, 5.74) is 5.13. The first-order chi connectivity index (χ1) is 12.7. The molecule has 0 unspecified atom stereocenters. The summed E-state index contributed by atoms with van der Waals surface area (Å²) in [6.45, 7) is 4.28. The molecule has 1 heterocycles. The van der Waals surface area contributed by atoms with Crippen molar-refractivity contribution in [2.45, 2.75) is 57.8 Å². The van der Waals surface area contributed by atoms with Crippen LogP contribution in [0.4, 0.5) is 0 Å². The molecule has 0 bridgehead atoms. The van der Waals surface area contributed by atoms with E-state index in [-0.39, 0.29) is 0 Å². The van der Waals surface area contributed by atoms with E-state index in [0.717, 1.165) is 30.7 Å². The molecule has 0 amide bonds. The minimum absolute atomic E-state index is 0.396. The highest BCUT2D eigenvalue weighted by molar-refractivity contribution is 5.52. The molecule has 3 aromatic rings. The lowest BCUT2D eigenvalue weighted by Crippen LogP contribution is -2.12. The van der Waals surface area contributed by atoms with Crippen LogP contribution in [0.3, 0.4) is 0 Å². The smallest absolute Gasteiger partial charge is 0.247 e. The predicted molar refractivity (Wildman–Crippen MR) is 104 cm³/mol. The van der Waals surface area contributed by atoms with Crippen LogP contribution < -0.4 is 0 Å². The van der Waals surface area contributed by atoms with Gasteiger partial charge in [0.1, 0.15) is 0 Å². The number of benzene rings is 2. The number of aromatic nitrogens is 2. The van der Waals surface area contributed by atoms with Crippen LogP contribution in [-0.2, 0) is 6.42 Å². The van der Waals surface area contributed by atoms with Crippen LogP contribution in [0, 0.1) is 6.92 Å². The zero-order valence-electron chi connectivity index (χ0n) is 15.6.